The maximum Gasteiger partial charge on any atom is 0.345 e. The molecule has 0 aliphatic heterocycles. The van der Waals surface area contributed by atoms with E-state index in [0.29, 0.717) is 0 Å². The van der Waals surface area contributed by atoms with Gasteiger partial charge in [-0.25, -0.2) is 13.2 Å². The molecule has 0 amide bonds. The number of methoxy groups -OCH3 is 1. The first-order valence-corrected chi connectivity index (χ1v) is 8.77. The molecular formula is C11H14BrNO6S2. The van der Waals surface area contributed by atoms with E-state index in [-0.39, 0.29) is 13.6 Å². The smallest absolute Gasteiger partial charge is 0.345 e. The minimum Gasteiger partial charge on any atom is -0.477 e. The highest BCUT2D eigenvalue weighted by molar-refractivity contribution is 9.11. The summed E-state index contributed by atoms with van der Waals surface area (Å²) in [6.07, 6.45) is 0. The van der Waals surface area contributed by atoms with Crippen molar-refractivity contribution < 1.29 is 27.9 Å². The zero-order chi connectivity index (χ0) is 16.4. The van der Waals surface area contributed by atoms with Crippen LogP contribution in [0.15, 0.2) is 14.7 Å². The van der Waals surface area contributed by atoms with E-state index in [0.717, 1.165) is 28.8 Å². The Morgan fingerprint density at radius 2 is 2.05 bits per heavy atom. The van der Waals surface area contributed by atoms with Gasteiger partial charge in [-0.2, -0.15) is 4.31 Å². The van der Waals surface area contributed by atoms with Crippen LogP contribution in [-0.4, -0.2) is 49.5 Å². The fraction of sp³-hybridized carbons (Fsp3) is 0.455. The van der Waals surface area contributed by atoms with Crippen LogP contribution in [0, 0.1) is 0 Å². The molecule has 0 bridgehead atoms. The van der Waals surface area contributed by atoms with E-state index >= 15 is 0 Å². The summed E-state index contributed by atoms with van der Waals surface area (Å²) in [5, 5.41) is 8.93. The van der Waals surface area contributed by atoms with Crippen LogP contribution in [0.2, 0.25) is 0 Å². The Hall–Kier alpha value is -0.970. The topological polar surface area (TPSA) is 101 Å². The van der Waals surface area contributed by atoms with Crippen LogP contribution in [0.4, 0.5) is 0 Å². The van der Waals surface area contributed by atoms with E-state index in [1.54, 1.807) is 13.8 Å². The third-order valence-corrected chi connectivity index (χ3v) is 6.80. The summed E-state index contributed by atoms with van der Waals surface area (Å²) >= 11 is 3.85. The quantitative estimate of drug-likeness (QED) is 0.731. The number of carbonyl (C=O) groups excluding carboxylic acids is 1. The second-order valence-corrected chi connectivity index (χ2v) is 8.50. The Kier molecular flexibility index (Phi) is 5.91. The molecule has 0 saturated heterocycles. The van der Waals surface area contributed by atoms with E-state index < -0.39 is 34.5 Å². The number of hydrogen-bond acceptors (Lipinski definition) is 6. The van der Waals surface area contributed by atoms with E-state index in [1.165, 1.54) is 0 Å². The predicted molar refractivity (Wildman–Crippen MR) is 80.0 cm³/mol. The number of carboxylic acid groups (broad SMARTS) is 1. The van der Waals surface area contributed by atoms with Gasteiger partial charge in [-0.3, -0.25) is 4.79 Å². The monoisotopic (exact) mass is 399 g/mol. The van der Waals surface area contributed by atoms with Crippen LogP contribution in [0.5, 0.6) is 0 Å². The van der Waals surface area contributed by atoms with E-state index in [9.17, 15) is 18.0 Å². The number of sulfonamides is 1. The zero-order valence-corrected chi connectivity index (χ0v) is 14.7. The van der Waals surface area contributed by atoms with Gasteiger partial charge in [0.15, 0.2) is 0 Å². The van der Waals surface area contributed by atoms with Gasteiger partial charge in [0.1, 0.15) is 16.3 Å². The number of nitrogens with zero attached hydrogens (tertiary/aromatic N) is 1. The van der Waals surface area contributed by atoms with Gasteiger partial charge >= 0.3 is 11.9 Å². The number of hydrogen-bond donors (Lipinski definition) is 1. The second kappa shape index (κ2) is 6.86. The molecule has 0 radical (unpaired) electrons. The Balaban J connectivity index is 3.29. The van der Waals surface area contributed by atoms with Crippen molar-refractivity contribution in [3.63, 3.8) is 0 Å². The standard InChI is InChI=1S/C11H14BrNO6S2/c1-6(2)13(5-9(14)19-3)21(17,18)8-4-7(11(15)16)20-10(8)12/h4,6H,5H2,1-3H3,(H,15,16). The van der Waals surface area contributed by atoms with E-state index in [2.05, 4.69) is 20.7 Å². The lowest BCUT2D eigenvalue weighted by Gasteiger charge is -2.24. The fourth-order valence-electron chi connectivity index (χ4n) is 1.50. The SMILES string of the molecule is COC(=O)CN(C(C)C)S(=O)(=O)c1cc(C(=O)O)sc1Br. The number of aromatic carboxylic acids is 1. The lowest BCUT2D eigenvalue weighted by molar-refractivity contribution is -0.141. The Bertz CT molecular complexity index is 652. The number of esters is 1. The van der Waals surface area contributed by atoms with Gasteiger partial charge in [0.25, 0.3) is 0 Å². The molecule has 1 aromatic heterocycles. The van der Waals surface area contributed by atoms with Crippen LogP contribution in [0.3, 0.4) is 0 Å². The number of carbonyl (C=O) groups is 2. The van der Waals surface area contributed by atoms with Gasteiger partial charge in [-0.1, -0.05) is 0 Å². The lowest BCUT2D eigenvalue weighted by Crippen LogP contribution is -2.41. The number of ether oxygens (including phenoxy) is 1. The van der Waals surface area contributed by atoms with Crippen molar-refractivity contribution >= 4 is 49.2 Å². The summed E-state index contributed by atoms with van der Waals surface area (Å²) in [6, 6.07) is 0.577. The third kappa shape index (κ3) is 4.02. The van der Waals surface area contributed by atoms with Crippen LogP contribution < -0.4 is 0 Å². The molecule has 0 aliphatic rings. The Morgan fingerprint density at radius 3 is 2.43 bits per heavy atom. The molecule has 0 aromatic carbocycles. The van der Waals surface area contributed by atoms with Gasteiger partial charge < -0.3 is 9.84 Å². The molecule has 0 atom stereocenters. The van der Waals surface area contributed by atoms with Crippen molar-refractivity contribution in [1.82, 2.24) is 4.31 Å². The van der Waals surface area contributed by atoms with Crippen molar-refractivity contribution in [2.75, 3.05) is 13.7 Å². The van der Waals surface area contributed by atoms with E-state index in [1.807, 2.05) is 0 Å². The molecule has 0 spiro atoms. The van der Waals surface area contributed by atoms with E-state index in [4.69, 9.17) is 5.11 Å². The maximum atomic E-state index is 12.6. The van der Waals surface area contributed by atoms with Crippen molar-refractivity contribution in [3.05, 3.63) is 14.7 Å². The highest BCUT2D eigenvalue weighted by atomic mass is 79.9. The molecule has 0 unspecified atom stereocenters. The molecule has 21 heavy (non-hydrogen) atoms. The second-order valence-electron chi connectivity index (χ2n) is 4.27. The van der Waals surface area contributed by atoms with Crippen LogP contribution in [-0.2, 0) is 19.6 Å². The largest absolute Gasteiger partial charge is 0.477 e. The van der Waals surface area contributed by atoms with Crippen LogP contribution >= 0.6 is 27.3 Å². The fourth-order valence-corrected chi connectivity index (χ4v) is 5.43. The van der Waals surface area contributed by atoms with Crippen molar-refractivity contribution in [3.8, 4) is 0 Å². The summed E-state index contributed by atoms with van der Waals surface area (Å²) in [5.74, 6) is -1.91. The third-order valence-electron chi connectivity index (χ3n) is 2.54. The van der Waals surface area contributed by atoms with Crippen LogP contribution in [0.25, 0.3) is 0 Å². The first-order chi connectivity index (χ1) is 9.61. The maximum absolute atomic E-state index is 12.6. The highest BCUT2D eigenvalue weighted by Gasteiger charge is 2.33. The summed E-state index contributed by atoms with van der Waals surface area (Å²) in [7, 11) is -2.85. The molecule has 1 heterocycles. The molecule has 7 nitrogen and oxygen atoms in total. The summed E-state index contributed by atoms with van der Waals surface area (Å²) in [4.78, 5) is 22.0. The Morgan fingerprint density at radius 1 is 1.48 bits per heavy atom. The molecule has 0 fully saturated rings. The van der Waals surface area contributed by atoms with Gasteiger partial charge in [0.05, 0.1) is 10.9 Å². The first kappa shape index (κ1) is 18.1. The van der Waals surface area contributed by atoms with Crippen molar-refractivity contribution in [1.29, 1.82) is 0 Å². The molecule has 118 valence electrons. The zero-order valence-electron chi connectivity index (χ0n) is 11.5. The number of rotatable bonds is 6. The molecular weight excluding hydrogens is 386 g/mol. The average molecular weight is 400 g/mol. The number of halogens is 1. The normalized spacial score (nSPS) is 11.9. The molecule has 0 aliphatic carbocycles. The summed E-state index contributed by atoms with van der Waals surface area (Å²) in [6.45, 7) is 2.78. The summed E-state index contributed by atoms with van der Waals surface area (Å²) < 4.78 is 30.8. The molecule has 10 heteroatoms. The molecule has 1 aromatic rings. The first-order valence-electron chi connectivity index (χ1n) is 5.72. The molecule has 1 N–H and O–H groups in total. The average Bonchev–Trinajstić information content (AvgIpc) is 2.78. The predicted octanol–water partition coefficient (Wildman–Crippen LogP) is 1.78. The number of carboxylic acids is 1. The van der Waals surface area contributed by atoms with Gasteiger partial charge in [-0.05, 0) is 35.8 Å². The minimum absolute atomic E-state index is 0.109. The number of thiophene rings is 1. The van der Waals surface area contributed by atoms with Gasteiger partial charge in [-0.15, -0.1) is 11.3 Å². The van der Waals surface area contributed by atoms with Crippen molar-refractivity contribution in [2.24, 2.45) is 0 Å². The lowest BCUT2D eigenvalue weighted by atomic mass is 10.4. The minimum atomic E-state index is -4.02. The van der Waals surface area contributed by atoms with Gasteiger partial charge in [0.2, 0.25) is 10.0 Å². The summed E-state index contributed by atoms with van der Waals surface area (Å²) in [5.41, 5.74) is 0. The van der Waals surface area contributed by atoms with Crippen LogP contribution in [0.1, 0.15) is 23.5 Å². The Labute approximate surface area is 134 Å². The molecule has 1 rings (SSSR count). The van der Waals surface area contributed by atoms with Crippen molar-refractivity contribution in [2.45, 2.75) is 24.8 Å². The molecule has 0 saturated carbocycles. The van der Waals surface area contributed by atoms with Gasteiger partial charge in [0, 0.05) is 6.04 Å². The highest BCUT2D eigenvalue weighted by Crippen LogP contribution is 2.34.